The van der Waals surface area contributed by atoms with Crippen LogP contribution in [0.25, 0.3) is 11.3 Å². The summed E-state index contributed by atoms with van der Waals surface area (Å²) < 4.78 is 5.35. The summed E-state index contributed by atoms with van der Waals surface area (Å²) in [6.07, 6.45) is 0. The molecule has 1 aromatic heterocycles. The molecule has 0 aliphatic rings. The smallest absolute Gasteiger partial charge is 0.322 e. The fourth-order valence-electron chi connectivity index (χ4n) is 1.54. The zero-order valence-electron chi connectivity index (χ0n) is 10.0. The van der Waals surface area contributed by atoms with Crippen molar-refractivity contribution in [1.29, 1.82) is 0 Å². The Morgan fingerprint density at radius 2 is 1.95 bits per heavy atom. The first-order valence-corrected chi connectivity index (χ1v) is 6.28. The predicted octanol–water partition coefficient (Wildman–Crippen LogP) is 3.07. The van der Waals surface area contributed by atoms with Crippen molar-refractivity contribution in [2.24, 2.45) is 0 Å². The summed E-state index contributed by atoms with van der Waals surface area (Å²) in [7, 11) is 0. The lowest BCUT2D eigenvalue weighted by molar-refractivity contribution is -0.135. The Hall–Kier alpha value is -1.98. The van der Waals surface area contributed by atoms with Crippen molar-refractivity contribution in [1.82, 2.24) is 5.32 Å². The van der Waals surface area contributed by atoms with Crippen LogP contribution < -0.4 is 5.32 Å². The lowest BCUT2D eigenvalue weighted by Gasteiger charge is -2.01. The van der Waals surface area contributed by atoms with Crippen LogP contribution in [0.4, 0.5) is 0 Å². The Balaban J connectivity index is 2.20. The zero-order chi connectivity index (χ0) is 14.7. The maximum atomic E-state index is 11.6. The Bertz CT molecular complexity index is 666. The van der Waals surface area contributed by atoms with E-state index in [9.17, 15) is 9.59 Å². The van der Waals surface area contributed by atoms with E-state index in [0.717, 1.165) is 0 Å². The quantitative estimate of drug-likeness (QED) is 0.909. The normalized spacial score (nSPS) is 10.3. The molecule has 20 heavy (non-hydrogen) atoms. The minimum absolute atomic E-state index is 0.00673. The fourth-order valence-corrected chi connectivity index (χ4v) is 2.04. The van der Waals surface area contributed by atoms with Crippen molar-refractivity contribution < 1.29 is 19.1 Å². The fraction of sp³-hybridized carbons (Fsp3) is 0.0769. The number of aliphatic carboxylic acids is 1. The summed E-state index contributed by atoms with van der Waals surface area (Å²) >= 11 is 11.8. The van der Waals surface area contributed by atoms with Gasteiger partial charge in [-0.2, -0.15) is 0 Å². The molecule has 1 heterocycles. The van der Waals surface area contributed by atoms with Gasteiger partial charge in [0.25, 0.3) is 5.91 Å². The van der Waals surface area contributed by atoms with Gasteiger partial charge >= 0.3 is 5.97 Å². The monoisotopic (exact) mass is 313 g/mol. The highest BCUT2D eigenvalue weighted by Crippen LogP contribution is 2.31. The Morgan fingerprint density at radius 3 is 2.60 bits per heavy atom. The molecule has 2 aromatic rings. The summed E-state index contributed by atoms with van der Waals surface area (Å²) in [5, 5.41) is 11.6. The molecule has 0 saturated carbocycles. The molecule has 0 unspecified atom stereocenters. The number of hydrogen-bond acceptors (Lipinski definition) is 3. The maximum Gasteiger partial charge on any atom is 0.322 e. The highest BCUT2D eigenvalue weighted by Gasteiger charge is 2.14. The SMILES string of the molecule is O=C(O)CNC(=O)c1ccc(-c2ccc(Cl)cc2Cl)o1. The van der Waals surface area contributed by atoms with E-state index in [1.165, 1.54) is 6.07 Å². The highest BCUT2D eigenvalue weighted by atomic mass is 35.5. The average Bonchev–Trinajstić information content (AvgIpc) is 2.85. The number of furan rings is 1. The number of halogens is 2. The van der Waals surface area contributed by atoms with Gasteiger partial charge in [0.05, 0.1) is 5.02 Å². The van der Waals surface area contributed by atoms with Crippen LogP contribution in [-0.2, 0) is 4.79 Å². The molecule has 5 nitrogen and oxygen atoms in total. The van der Waals surface area contributed by atoms with Crippen molar-refractivity contribution in [3.8, 4) is 11.3 Å². The van der Waals surface area contributed by atoms with E-state index in [1.807, 2.05) is 0 Å². The number of carbonyl (C=O) groups is 2. The number of rotatable bonds is 4. The number of carboxylic acid groups (broad SMARTS) is 1. The molecule has 0 radical (unpaired) electrons. The van der Waals surface area contributed by atoms with Crippen LogP contribution >= 0.6 is 23.2 Å². The Kier molecular flexibility index (Phi) is 4.32. The molecule has 1 aromatic carbocycles. The summed E-state index contributed by atoms with van der Waals surface area (Å²) in [5.74, 6) is -1.34. The van der Waals surface area contributed by atoms with E-state index in [4.69, 9.17) is 32.7 Å². The van der Waals surface area contributed by atoms with Gasteiger partial charge in [-0.05, 0) is 30.3 Å². The van der Waals surface area contributed by atoms with Gasteiger partial charge in [0, 0.05) is 10.6 Å². The second-order valence-electron chi connectivity index (χ2n) is 3.86. The van der Waals surface area contributed by atoms with E-state index in [-0.39, 0.29) is 5.76 Å². The van der Waals surface area contributed by atoms with Gasteiger partial charge in [-0.3, -0.25) is 9.59 Å². The van der Waals surface area contributed by atoms with Crippen molar-refractivity contribution in [2.45, 2.75) is 0 Å². The molecule has 0 saturated heterocycles. The number of carboxylic acids is 1. The first-order chi connectivity index (χ1) is 9.47. The van der Waals surface area contributed by atoms with E-state index < -0.39 is 18.4 Å². The lowest BCUT2D eigenvalue weighted by Crippen LogP contribution is -2.28. The van der Waals surface area contributed by atoms with E-state index >= 15 is 0 Å². The van der Waals surface area contributed by atoms with Gasteiger partial charge in [-0.1, -0.05) is 23.2 Å². The van der Waals surface area contributed by atoms with Gasteiger partial charge in [0.2, 0.25) is 0 Å². The van der Waals surface area contributed by atoms with Gasteiger partial charge in [0.15, 0.2) is 5.76 Å². The standard InChI is InChI=1S/C13H9Cl2NO4/c14-7-1-2-8(9(15)5-7)10-3-4-11(20-10)13(19)16-6-12(17)18/h1-5H,6H2,(H,16,19)(H,17,18). The molecule has 0 bridgehead atoms. The highest BCUT2D eigenvalue weighted by molar-refractivity contribution is 6.36. The average molecular weight is 314 g/mol. The third-order valence-corrected chi connectivity index (χ3v) is 2.97. The topological polar surface area (TPSA) is 79.5 Å². The second-order valence-corrected chi connectivity index (χ2v) is 4.71. The third kappa shape index (κ3) is 3.31. The maximum absolute atomic E-state index is 11.6. The van der Waals surface area contributed by atoms with Crippen LogP contribution in [0.2, 0.25) is 10.0 Å². The Morgan fingerprint density at radius 1 is 1.20 bits per heavy atom. The molecule has 2 rings (SSSR count). The second kappa shape index (κ2) is 5.98. The summed E-state index contributed by atoms with van der Waals surface area (Å²) in [6, 6.07) is 7.89. The molecule has 0 aliphatic carbocycles. The Labute approximate surface area is 124 Å². The molecular weight excluding hydrogens is 305 g/mol. The first kappa shape index (κ1) is 14.4. The number of benzene rings is 1. The van der Waals surface area contributed by atoms with Crippen LogP contribution in [0.5, 0.6) is 0 Å². The van der Waals surface area contributed by atoms with E-state index in [0.29, 0.717) is 21.4 Å². The molecule has 0 spiro atoms. The van der Waals surface area contributed by atoms with E-state index in [1.54, 1.807) is 24.3 Å². The van der Waals surface area contributed by atoms with Crippen LogP contribution in [0, 0.1) is 0 Å². The molecule has 2 N–H and O–H groups in total. The molecule has 0 atom stereocenters. The predicted molar refractivity (Wildman–Crippen MR) is 74.1 cm³/mol. The van der Waals surface area contributed by atoms with Crippen molar-refractivity contribution in [3.63, 3.8) is 0 Å². The molecule has 0 aliphatic heterocycles. The van der Waals surface area contributed by atoms with Crippen molar-refractivity contribution >= 4 is 35.1 Å². The largest absolute Gasteiger partial charge is 0.480 e. The minimum atomic E-state index is -1.13. The van der Waals surface area contributed by atoms with Gasteiger partial charge in [0.1, 0.15) is 12.3 Å². The summed E-state index contributed by atoms with van der Waals surface area (Å²) in [4.78, 5) is 22.0. The number of hydrogen-bond donors (Lipinski definition) is 2. The molecule has 7 heteroatoms. The summed E-state index contributed by atoms with van der Waals surface area (Å²) in [6.45, 7) is -0.476. The van der Waals surface area contributed by atoms with Crippen LogP contribution in [0.3, 0.4) is 0 Å². The third-order valence-electron chi connectivity index (χ3n) is 2.43. The summed E-state index contributed by atoms with van der Waals surface area (Å²) in [5.41, 5.74) is 0.591. The van der Waals surface area contributed by atoms with Crippen molar-refractivity contribution in [2.75, 3.05) is 6.54 Å². The minimum Gasteiger partial charge on any atom is -0.480 e. The number of carbonyl (C=O) groups excluding carboxylic acids is 1. The van der Waals surface area contributed by atoms with Gasteiger partial charge in [-0.25, -0.2) is 0 Å². The van der Waals surface area contributed by atoms with Crippen LogP contribution in [-0.4, -0.2) is 23.5 Å². The molecular formula is C13H9Cl2NO4. The van der Waals surface area contributed by atoms with Crippen molar-refractivity contribution in [3.05, 3.63) is 46.1 Å². The molecule has 0 fully saturated rings. The van der Waals surface area contributed by atoms with E-state index in [2.05, 4.69) is 5.32 Å². The van der Waals surface area contributed by atoms with Crippen LogP contribution in [0.15, 0.2) is 34.7 Å². The van der Waals surface area contributed by atoms with Gasteiger partial charge < -0.3 is 14.8 Å². The first-order valence-electron chi connectivity index (χ1n) is 5.52. The number of amides is 1. The zero-order valence-corrected chi connectivity index (χ0v) is 11.5. The molecule has 1 amide bonds. The van der Waals surface area contributed by atoms with Crippen LogP contribution in [0.1, 0.15) is 10.6 Å². The number of nitrogens with one attached hydrogen (secondary N) is 1. The molecule has 104 valence electrons. The lowest BCUT2D eigenvalue weighted by atomic mass is 10.2. The van der Waals surface area contributed by atoms with Gasteiger partial charge in [-0.15, -0.1) is 0 Å².